The zero-order valence-corrected chi connectivity index (χ0v) is 14.7. The standard InChI is InChI=1S/C16H26N2O4S/c1-12(2)10-13(11-17)18-16(19)8-9-22-14-4-6-15(7-5-14)23(3,20)21/h4-7,12-13H,8-11,17H2,1-3H3,(H,18,19). The number of nitrogens with two attached hydrogens (primary N) is 1. The van der Waals surface area contributed by atoms with Crippen molar-refractivity contribution in [2.45, 2.75) is 37.6 Å². The number of ether oxygens (including phenoxy) is 1. The van der Waals surface area contributed by atoms with Gasteiger partial charge in [0.1, 0.15) is 5.75 Å². The number of nitrogens with one attached hydrogen (secondary N) is 1. The normalized spacial score (nSPS) is 12.9. The predicted molar refractivity (Wildman–Crippen MR) is 90.1 cm³/mol. The molecule has 1 unspecified atom stereocenters. The van der Waals surface area contributed by atoms with Gasteiger partial charge in [0, 0.05) is 18.8 Å². The highest BCUT2D eigenvalue weighted by Gasteiger charge is 2.12. The highest BCUT2D eigenvalue weighted by Crippen LogP contribution is 2.15. The minimum Gasteiger partial charge on any atom is -0.493 e. The van der Waals surface area contributed by atoms with Gasteiger partial charge in [0.25, 0.3) is 0 Å². The molecule has 1 aromatic rings. The lowest BCUT2D eigenvalue weighted by Gasteiger charge is -2.18. The highest BCUT2D eigenvalue weighted by atomic mass is 32.2. The second-order valence-electron chi connectivity index (χ2n) is 5.97. The number of hydrogen-bond donors (Lipinski definition) is 2. The smallest absolute Gasteiger partial charge is 0.223 e. The van der Waals surface area contributed by atoms with Crippen molar-refractivity contribution in [2.75, 3.05) is 19.4 Å². The van der Waals surface area contributed by atoms with Crippen LogP contribution >= 0.6 is 0 Å². The summed E-state index contributed by atoms with van der Waals surface area (Å²) in [5, 5.41) is 2.89. The van der Waals surface area contributed by atoms with E-state index in [1.807, 2.05) is 0 Å². The van der Waals surface area contributed by atoms with Gasteiger partial charge in [-0.15, -0.1) is 0 Å². The third-order valence-electron chi connectivity index (χ3n) is 3.26. The van der Waals surface area contributed by atoms with Crippen molar-refractivity contribution < 1.29 is 17.9 Å². The minimum atomic E-state index is -3.21. The first-order valence-corrected chi connectivity index (χ1v) is 9.54. The average molecular weight is 342 g/mol. The molecule has 7 heteroatoms. The van der Waals surface area contributed by atoms with Crippen LogP contribution in [0.5, 0.6) is 5.75 Å². The number of benzene rings is 1. The first-order chi connectivity index (χ1) is 10.7. The van der Waals surface area contributed by atoms with Crippen LogP contribution in [-0.4, -0.2) is 39.8 Å². The summed E-state index contributed by atoms with van der Waals surface area (Å²) in [6.45, 7) is 4.80. The van der Waals surface area contributed by atoms with Crippen LogP contribution in [0.2, 0.25) is 0 Å². The van der Waals surface area contributed by atoms with Crippen molar-refractivity contribution >= 4 is 15.7 Å². The average Bonchev–Trinajstić information content (AvgIpc) is 2.45. The zero-order valence-electron chi connectivity index (χ0n) is 13.9. The van der Waals surface area contributed by atoms with Crippen LogP contribution in [-0.2, 0) is 14.6 Å². The van der Waals surface area contributed by atoms with Crippen LogP contribution in [0.15, 0.2) is 29.2 Å². The number of carbonyl (C=O) groups excluding carboxylic acids is 1. The molecule has 0 aliphatic heterocycles. The van der Waals surface area contributed by atoms with Gasteiger partial charge in [0.15, 0.2) is 9.84 Å². The molecule has 1 atom stereocenters. The monoisotopic (exact) mass is 342 g/mol. The second-order valence-corrected chi connectivity index (χ2v) is 7.99. The van der Waals surface area contributed by atoms with E-state index in [0.717, 1.165) is 12.7 Å². The SMILES string of the molecule is CC(C)CC(CN)NC(=O)CCOc1ccc(S(C)(=O)=O)cc1. The Morgan fingerprint density at radius 3 is 2.35 bits per heavy atom. The molecule has 130 valence electrons. The lowest BCUT2D eigenvalue weighted by molar-refractivity contribution is -0.122. The molecule has 1 amide bonds. The van der Waals surface area contributed by atoms with E-state index in [1.54, 1.807) is 12.1 Å². The zero-order chi connectivity index (χ0) is 17.5. The van der Waals surface area contributed by atoms with Crippen LogP contribution in [0.1, 0.15) is 26.7 Å². The third kappa shape index (κ3) is 7.47. The maximum Gasteiger partial charge on any atom is 0.223 e. The fourth-order valence-corrected chi connectivity index (χ4v) is 2.76. The lowest BCUT2D eigenvalue weighted by Crippen LogP contribution is -2.41. The van der Waals surface area contributed by atoms with Gasteiger partial charge in [-0.25, -0.2) is 8.42 Å². The summed E-state index contributed by atoms with van der Waals surface area (Å²) in [6, 6.07) is 6.11. The molecule has 6 nitrogen and oxygen atoms in total. The predicted octanol–water partition coefficient (Wildman–Crippen LogP) is 1.35. The van der Waals surface area contributed by atoms with Crippen LogP contribution in [0.4, 0.5) is 0 Å². The maximum absolute atomic E-state index is 11.8. The van der Waals surface area contributed by atoms with Crippen LogP contribution in [0.25, 0.3) is 0 Å². The molecular weight excluding hydrogens is 316 g/mol. The summed E-state index contributed by atoms with van der Waals surface area (Å²) < 4.78 is 28.2. The van der Waals surface area contributed by atoms with Gasteiger partial charge in [0.05, 0.1) is 17.9 Å². The summed E-state index contributed by atoms with van der Waals surface area (Å²) in [5.74, 6) is 0.894. The molecule has 3 N–H and O–H groups in total. The molecular formula is C16H26N2O4S. The van der Waals surface area contributed by atoms with E-state index in [-0.39, 0.29) is 29.9 Å². The molecule has 0 aromatic heterocycles. The Bertz CT molecular complexity index is 597. The van der Waals surface area contributed by atoms with E-state index in [1.165, 1.54) is 12.1 Å². The van der Waals surface area contributed by atoms with Crippen molar-refractivity contribution in [1.82, 2.24) is 5.32 Å². The molecule has 0 bridgehead atoms. The summed E-state index contributed by atoms with van der Waals surface area (Å²) in [5.41, 5.74) is 5.64. The first-order valence-electron chi connectivity index (χ1n) is 7.64. The second kappa shape index (κ2) is 8.88. The minimum absolute atomic E-state index is 0.0171. The Kier molecular flexibility index (Phi) is 7.51. The van der Waals surface area contributed by atoms with Crippen molar-refractivity contribution in [3.63, 3.8) is 0 Å². The largest absolute Gasteiger partial charge is 0.493 e. The fourth-order valence-electron chi connectivity index (χ4n) is 2.13. The summed E-state index contributed by atoms with van der Waals surface area (Å²) in [7, 11) is -3.21. The van der Waals surface area contributed by atoms with Gasteiger partial charge in [0.2, 0.25) is 5.91 Å². The van der Waals surface area contributed by atoms with Gasteiger partial charge >= 0.3 is 0 Å². The molecule has 0 saturated carbocycles. The number of carbonyl (C=O) groups is 1. The fraction of sp³-hybridized carbons (Fsp3) is 0.562. The van der Waals surface area contributed by atoms with Crippen molar-refractivity contribution in [1.29, 1.82) is 0 Å². The lowest BCUT2D eigenvalue weighted by atomic mass is 10.0. The highest BCUT2D eigenvalue weighted by molar-refractivity contribution is 7.90. The van der Waals surface area contributed by atoms with Crippen LogP contribution in [0.3, 0.4) is 0 Å². The molecule has 23 heavy (non-hydrogen) atoms. The number of rotatable bonds is 9. The molecule has 1 aromatic carbocycles. The van der Waals surface area contributed by atoms with Gasteiger partial charge in [-0.05, 0) is 36.6 Å². The van der Waals surface area contributed by atoms with Crippen molar-refractivity contribution in [2.24, 2.45) is 11.7 Å². The van der Waals surface area contributed by atoms with E-state index in [2.05, 4.69) is 19.2 Å². The molecule has 0 fully saturated rings. The molecule has 1 rings (SSSR count). The van der Waals surface area contributed by atoms with Crippen LogP contribution in [0, 0.1) is 5.92 Å². The topological polar surface area (TPSA) is 98.5 Å². The van der Waals surface area contributed by atoms with Gasteiger partial charge in [-0.3, -0.25) is 4.79 Å². The Hall–Kier alpha value is -1.60. The molecule has 0 heterocycles. The Morgan fingerprint density at radius 2 is 1.87 bits per heavy atom. The number of amides is 1. The summed E-state index contributed by atoms with van der Waals surface area (Å²) >= 11 is 0. The molecule has 0 aliphatic rings. The third-order valence-corrected chi connectivity index (χ3v) is 4.38. The quantitative estimate of drug-likeness (QED) is 0.706. The van der Waals surface area contributed by atoms with E-state index in [0.29, 0.717) is 18.2 Å². The molecule has 0 aliphatic carbocycles. The Balaban J connectivity index is 2.40. The molecule has 0 spiro atoms. The molecule has 0 radical (unpaired) electrons. The summed E-state index contributed by atoms with van der Waals surface area (Å²) in [4.78, 5) is 12.1. The maximum atomic E-state index is 11.8. The Morgan fingerprint density at radius 1 is 1.26 bits per heavy atom. The van der Waals surface area contributed by atoms with Gasteiger partial charge < -0.3 is 15.8 Å². The van der Waals surface area contributed by atoms with Crippen LogP contribution < -0.4 is 15.8 Å². The molecule has 0 saturated heterocycles. The van der Waals surface area contributed by atoms with Crippen molar-refractivity contribution in [3.8, 4) is 5.75 Å². The number of hydrogen-bond acceptors (Lipinski definition) is 5. The van der Waals surface area contributed by atoms with E-state index < -0.39 is 9.84 Å². The van der Waals surface area contributed by atoms with Gasteiger partial charge in [-0.1, -0.05) is 13.8 Å². The number of sulfone groups is 1. The van der Waals surface area contributed by atoms with E-state index in [4.69, 9.17) is 10.5 Å². The Labute approximate surface area is 138 Å². The van der Waals surface area contributed by atoms with E-state index >= 15 is 0 Å². The van der Waals surface area contributed by atoms with E-state index in [9.17, 15) is 13.2 Å². The summed E-state index contributed by atoms with van der Waals surface area (Å²) in [6.07, 6.45) is 2.22. The van der Waals surface area contributed by atoms with Gasteiger partial charge in [-0.2, -0.15) is 0 Å². The van der Waals surface area contributed by atoms with Crippen molar-refractivity contribution in [3.05, 3.63) is 24.3 Å². The first kappa shape index (κ1) is 19.4.